The largest absolute Gasteiger partial charge is 0.497 e. The maximum absolute atomic E-state index is 13.1. The van der Waals surface area contributed by atoms with E-state index in [1.54, 1.807) is 25.0 Å². The fraction of sp³-hybridized carbons (Fsp3) is 0.333. The van der Waals surface area contributed by atoms with Crippen LogP contribution in [0.5, 0.6) is 5.75 Å². The fourth-order valence-corrected chi connectivity index (χ4v) is 3.51. The third kappa shape index (κ3) is 4.76. The van der Waals surface area contributed by atoms with Gasteiger partial charge < -0.3 is 28.8 Å². The van der Waals surface area contributed by atoms with Gasteiger partial charge in [0.25, 0.3) is 11.8 Å². The van der Waals surface area contributed by atoms with Crippen LogP contribution in [-0.4, -0.2) is 56.2 Å². The molecule has 2 amide bonds. The SMILES string of the molecule is COc1cccc(COC(C)C(=O)Nc2c(C(=O)N3CCOCC3)oc3ccccc23)c1. The second-order valence-electron chi connectivity index (χ2n) is 7.50. The number of carbonyl (C=O) groups is 2. The Hall–Kier alpha value is -3.36. The van der Waals surface area contributed by atoms with Gasteiger partial charge in [0.15, 0.2) is 0 Å². The van der Waals surface area contributed by atoms with Gasteiger partial charge in [0.1, 0.15) is 23.1 Å². The molecule has 1 aliphatic heterocycles. The highest BCUT2D eigenvalue weighted by molar-refractivity contribution is 6.11. The molecule has 1 fully saturated rings. The summed E-state index contributed by atoms with van der Waals surface area (Å²) in [5.41, 5.74) is 1.78. The maximum atomic E-state index is 13.1. The van der Waals surface area contributed by atoms with E-state index in [1.807, 2.05) is 42.5 Å². The van der Waals surface area contributed by atoms with Crippen molar-refractivity contribution in [1.29, 1.82) is 0 Å². The Labute approximate surface area is 186 Å². The number of morpholine rings is 1. The summed E-state index contributed by atoms with van der Waals surface area (Å²) in [7, 11) is 1.60. The minimum absolute atomic E-state index is 0.112. The van der Waals surface area contributed by atoms with E-state index in [9.17, 15) is 9.59 Å². The van der Waals surface area contributed by atoms with Crippen LogP contribution in [0.25, 0.3) is 11.0 Å². The highest BCUT2D eigenvalue weighted by Crippen LogP contribution is 2.32. The number of anilines is 1. The van der Waals surface area contributed by atoms with Crippen LogP contribution in [0.4, 0.5) is 5.69 Å². The van der Waals surface area contributed by atoms with Gasteiger partial charge in [0, 0.05) is 18.5 Å². The van der Waals surface area contributed by atoms with Crippen LogP contribution in [0.3, 0.4) is 0 Å². The summed E-state index contributed by atoms with van der Waals surface area (Å²) in [6.07, 6.45) is -0.749. The van der Waals surface area contributed by atoms with Gasteiger partial charge in [-0.2, -0.15) is 0 Å². The van der Waals surface area contributed by atoms with Crippen molar-refractivity contribution in [1.82, 2.24) is 4.90 Å². The number of furan rings is 1. The van der Waals surface area contributed by atoms with Crippen LogP contribution in [0.2, 0.25) is 0 Å². The number of nitrogens with zero attached hydrogens (tertiary/aromatic N) is 1. The van der Waals surface area contributed by atoms with Gasteiger partial charge in [-0.25, -0.2) is 0 Å². The van der Waals surface area contributed by atoms with Crippen molar-refractivity contribution in [2.24, 2.45) is 0 Å². The van der Waals surface area contributed by atoms with Crippen molar-refractivity contribution >= 4 is 28.5 Å². The number of rotatable bonds is 7. The summed E-state index contributed by atoms with van der Waals surface area (Å²) < 4.78 is 22.2. The quantitative estimate of drug-likeness (QED) is 0.608. The predicted molar refractivity (Wildman–Crippen MR) is 119 cm³/mol. The molecule has 1 aliphatic rings. The number of hydrogen-bond acceptors (Lipinski definition) is 6. The number of fused-ring (bicyclic) bond motifs is 1. The number of ether oxygens (including phenoxy) is 3. The lowest BCUT2D eigenvalue weighted by atomic mass is 10.2. The number of methoxy groups -OCH3 is 1. The Morgan fingerprint density at radius 1 is 1.12 bits per heavy atom. The molecule has 3 aromatic rings. The molecule has 0 radical (unpaired) electrons. The van der Waals surface area contributed by atoms with Gasteiger partial charge in [-0.15, -0.1) is 0 Å². The summed E-state index contributed by atoms with van der Waals surface area (Å²) in [6, 6.07) is 14.7. The van der Waals surface area contributed by atoms with Gasteiger partial charge in [-0.05, 0) is 36.8 Å². The molecule has 1 atom stereocenters. The monoisotopic (exact) mass is 438 g/mol. The molecule has 2 heterocycles. The molecule has 8 nitrogen and oxygen atoms in total. The van der Waals surface area contributed by atoms with E-state index < -0.39 is 6.10 Å². The first-order chi connectivity index (χ1) is 15.6. The Bertz CT molecular complexity index is 1100. The second kappa shape index (κ2) is 9.84. The maximum Gasteiger partial charge on any atom is 0.291 e. The molecule has 0 bridgehead atoms. The molecule has 32 heavy (non-hydrogen) atoms. The van der Waals surface area contributed by atoms with Gasteiger partial charge in [0.05, 0.1) is 26.9 Å². The average Bonchev–Trinajstić information content (AvgIpc) is 3.21. The summed E-state index contributed by atoms with van der Waals surface area (Å²) in [6.45, 7) is 3.82. The van der Waals surface area contributed by atoms with Crippen LogP contribution in [0.1, 0.15) is 23.0 Å². The van der Waals surface area contributed by atoms with Crippen molar-refractivity contribution in [3.05, 3.63) is 59.9 Å². The zero-order chi connectivity index (χ0) is 22.5. The van der Waals surface area contributed by atoms with E-state index in [1.165, 1.54) is 0 Å². The Morgan fingerprint density at radius 3 is 2.69 bits per heavy atom. The molecule has 1 unspecified atom stereocenters. The lowest BCUT2D eigenvalue weighted by Gasteiger charge is -2.26. The third-order valence-electron chi connectivity index (χ3n) is 5.34. The lowest BCUT2D eigenvalue weighted by molar-refractivity contribution is -0.127. The molecule has 1 saturated heterocycles. The first-order valence-corrected chi connectivity index (χ1v) is 10.5. The zero-order valence-corrected chi connectivity index (χ0v) is 18.1. The van der Waals surface area contributed by atoms with Crippen LogP contribution < -0.4 is 10.1 Å². The molecule has 0 saturated carbocycles. The van der Waals surface area contributed by atoms with E-state index in [-0.39, 0.29) is 24.2 Å². The van der Waals surface area contributed by atoms with Crippen molar-refractivity contribution in [2.75, 3.05) is 38.7 Å². The Morgan fingerprint density at radius 2 is 1.91 bits per heavy atom. The zero-order valence-electron chi connectivity index (χ0n) is 18.1. The minimum Gasteiger partial charge on any atom is -0.497 e. The standard InChI is InChI=1S/C24H26N2O6/c1-16(31-15-17-6-5-7-18(14-17)29-2)23(27)25-21-19-8-3-4-9-20(19)32-22(21)24(28)26-10-12-30-13-11-26/h3-9,14,16H,10-13,15H2,1-2H3,(H,25,27). The van der Waals surface area contributed by atoms with E-state index in [2.05, 4.69) is 5.32 Å². The Balaban J connectivity index is 1.50. The molecule has 0 spiro atoms. The number of amides is 2. The van der Waals surface area contributed by atoms with Crippen LogP contribution >= 0.6 is 0 Å². The van der Waals surface area contributed by atoms with E-state index >= 15 is 0 Å². The average molecular weight is 438 g/mol. The predicted octanol–water partition coefficient (Wildman–Crippen LogP) is 3.46. The smallest absolute Gasteiger partial charge is 0.291 e. The summed E-state index contributed by atoms with van der Waals surface area (Å²) in [5.74, 6) is 0.195. The number of benzene rings is 2. The fourth-order valence-electron chi connectivity index (χ4n) is 3.51. The lowest BCUT2D eigenvalue weighted by Crippen LogP contribution is -2.41. The van der Waals surface area contributed by atoms with Crippen molar-refractivity contribution < 1.29 is 28.2 Å². The highest BCUT2D eigenvalue weighted by atomic mass is 16.5. The molecule has 4 rings (SSSR count). The molecule has 0 aliphatic carbocycles. The minimum atomic E-state index is -0.749. The van der Waals surface area contributed by atoms with Gasteiger partial charge in [0.2, 0.25) is 5.76 Å². The normalized spacial score (nSPS) is 14.9. The second-order valence-corrected chi connectivity index (χ2v) is 7.50. The van der Waals surface area contributed by atoms with Crippen molar-refractivity contribution in [3.63, 3.8) is 0 Å². The topological polar surface area (TPSA) is 90.2 Å². The third-order valence-corrected chi connectivity index (χ3v) is 5.34. The van der Waals surface area contributed by atoms with Crippen LogP contribution in [-0.2, 0) is 20.9 Å². The summed E-state index contributed by atoms with van der Waals surface area (Å²) >= 11 is 0. The van der Waals surface area contributed by atoms with Crippen molar-refractivity contribution in [3.8, 4) is 5.75 Å². The van der Waals surface area contributed by atoms with Crippen LogP contribution in [0, 0.1) is 0 Å². The van der Waals surface area contributed by atoms with E-state index in [0.29, 0.717) is 43.0 Å². The molecule has 1 aromatic heterocycles. The van der Waals surface area contributed by atoms with Crippen LogP contribution in [0.15, 0.2) is 52.9 Å². The molecule has 2 aromatic carbocycles. The van der Waals surface area contributed by atoms with E-state index in [0.717, 1.165) is 11.3 Å². The molecular formula is C24H26N2O6. The molecule has 168 valence electrons. The summed E-state index contributed by atoms with van der Waals surface area (Å²) in [5, 5.41) is 3.52. The summed E-state index contributed by atoms with van der Waals surface area (Å²) in [4.78, 5) is 27.7. The first kappa shape index (κ1) is 21.9. The first-order valence-electron chi connectivity index (χ1n) is 10.5. The van der Waals surface area contributed by atoms with Gasteiger partial charge in [-0.3, -0.25) is 9.59 Å². The molecule has 8 heteroatoms. The van der Waals surface area contributed by atoms with Crippen molar-refractivity contribution in [2.45, 2.75) is 19.6 Å². The molecular weight excluding hydrogens is 412 g/mol. The number of hydrogen-bond donors (Lipinski definition) is 1. The van der Waals surface area contributed by atoms with E-state index in [4.69, 9.17) is 18.6 Å². The highest BCUT2D eigenvalue weighted by Gasteiger charge is 2.28. The molecule has 1 N–H and O–H groups in total. The Kier molecular flexibility index (Phi) is 6.72. The number of para-hydroxylation sites is 1. The van der Waals surface area contributed by atoms with Gasteiger partial charge in [-0.1, -0.05) is 24.3 Å². The number of carbonyl (C=O) groups excluding carboxylic acids is 2. The number of nitrogens with one attached hydrogen (secondary N) is 1. The van der Waals surface area contributed by atoms with Gasteiger partial charge >= 0.3 is 0 Å².